The zero-order valence-corrected chi connectivity index (χ0v) is 19.2. The average Bonchev–Trinajstić information content (AvgIpc) is 2.34. The molecule has 0 radical (unpaired) electrons. The molecule has 0 saturated heterocycles. The molecule has 1 rings (SSSR count). The maximum atomic E-state index is 6.65. The molecule has 0 amide bonds. The molecule has 120 valence electrons. The van der Waals surface area contributed by atoms with E-state index in [2.05, 4.69) is 68.5 Å². The summed E-state index contributed by atoms with van der Waals surface area (Å²) in [5.74, 6) is 0.969. The van der Waals surface area contributed by atoms with E-state index in [0.717, 1.165) is 5.75 Å². The predicted molar refractivity (Wildman–Crippen MR) is 98.9 cm³/mol. The fourth-order valence-electron chi connectivity index (χ4n) is 3.44. The molecule has 0 bridgehead atoms. The van der Waals surface area contributed by atoms with Gasteiger partial charge in [-0.15, -0.1) is 0 Å². The van der Waals surface area contributed by atoms with Crippen LogP contribution in [0.2, 0.25) is 31.4 Å². The molecule has 0 aromatic carbocycles. The van der Waals surface area contributed by atoms with Crippen LogP contribution in [0, 0.1) is 0 Å². The van der Waals surface area contributed by atoms with Crippen LogP contribution in [0.25, 0.3) is 0 Å². The summed E-state index contributed by atoms with van der Waals surface area (Å²) in [5, 5.41) is 0. The Hall–Kier alpha value is -0.0344. The first kappa shape index (κ1) is 19.0. The monoisotopic (exact) mass is 415 g/mol. The van der Waals surface area contributed by atoms with Crippen molar-refractivity contribution in [2.45, 2.75) is 73.0 Å². The molecule has 2 nitrogen and oxygen atoms in total. The summed E-state index contributed by atoms with van der Waals surface area (Å²) in [6.45, 7) is 13.9. The quantitative estimate of drug-likeness (QED) is 0.599. The van der Waals surface area contributed by atoms with Crippen molar-refractivity contribution in [1.82, 2.24) is 4.98 Å². The Morgan fingerprint density at radius 2 is 1.38 bits per heavy atom. The summed E-state index contributed by atoms with van der Waals surface area (Å²) in [6.07, 6.45) is 1.96. The van der Waals surface area contributed by atoms with Crippen LogP contribution >= 0.6 is 0 Å². The van der Waals surface area contributed by atoms with Gasteiger partial charge in [-0.25, -0.2) is 0 Å². The fourth-order valence-corrected chi connectivity index (χ4v) is 11.6. The van der Waals surface area contributed by atoms with Crippen molar-refractivity contribution >= 4 is 30.4 Å². The topological polar surface area (TPSA) is 22.1 Å². The summed E-state index contributed by atoms with van der Waals surface area (Å²) in [6, 6.07) is 4.35. The molecular formula is C17H33NOSiSn. The Bertz CT molecular complexity index is 427. The molecule has 0 aliphatic carbocycles. The zero-order valence-electron chi connectivity index (χ0n) is 15.3. The van der Waals surface area contributed by atoms with E-state index in [4.69, 9.17) is 9.41 Å². The SMILES string of the molecule is CC(C)[Si](Oc1cc[c]([Sn]([CH3])([CH3])[CH3])nc1)(C(C)C)C(C)C. The van der Waals surface area contributed by atoms with Crippen molar-refractivity contribution < 1.29 is 4.43 Å². The molecule has 1 aromatic heterocycles. The molecule has 0 saturated carbocycles. The van der Waals surface area contributed by atoms with Gasteiger partial charge in [-0.3, -0.25) is 0 Å². The summed E-state index contributed by atoms with van der Waals surface area (Å²) < 4.78 is 7.98. The van der Waals surface area contributed by atoms with Crippen LogP contribution in [0.1, 0.15) is 41.5 Å². The molecule has 4 heteroatoms. The minimum atomic E-state index is -2.06. The van der Waals surface area contributed by atoms with Crippen molar-refractivity contribution in [2.75, 3.05) is 0 Å². The molecule has 1 aromatic rings. The number of hydrogen-bond donors (Lipinski definition) is 0. The van der Waals surface area contributed by atoms with E-state index < -0.39 is 26.7 Å². The third kappa shape index (κ3) is 4.24. The van der Waals surface area contributed by atoms with Crippen molar-refractivity contribution in [1.29, 1.82) is 0 Å². The van der Waals surface area contributed by atoms with Gasteiger partial charge >= 0.3 is 137 Å². The molecule has 0 unspecified atom stereocenters. The van der Waals surface area contributed by atoms with Gasteiger partial charge in [0.1, 0.15) is 0 Å². The molecule has 0 spiro atoms. The molecular weight excluding hydrogens is 381 g/mol. The standard InChI is InChI=1S/C14H24NOSi.3CH3.Sn/c1-11(2)17(12(3)4,13(5)6)16-14-8-7-9-15-10-14;;;;/h7-8,10-13H,1-6H3;3*1H3;. The van der Waals surface area contributed by atoms with Gasteiger partial charge in [0.25, 0.3) is 0 Å². The molecule has 0 aliphatic rings. The van der Waals surface area contributed by atoms with E-state index in [-0.39, 0.29) is 0 Å². The first-order chi connectivity index (χ1) is 9.51. The van der Waals surface area contributed by atoms with Crippen LogP contribution in [0.5, 0.6) is 5.75 Å². The second-order valence-electron chi connectivity index (χ2n) is 8.05. The van der Waals surface area contributed by atoms with Crippen LogP contribution in [0.3, 0.4) is 0 Å². The summed E-state index contributed by atoms with van der Waals surface area (Å²) >= 11 is -2.06. The van der Waals surface area contributed by atoms with Crippen molar-refractivity contribution in [2.24, 2.45) is 0 Å². The molecule has 0 N–H and O–H groups in total. The number of hydrogen-bond acceptors (Lipinski definition) is 2. The van der Waals surface area contributed by atoms with Gasteiger partial charge in [0.15, 0.2) is 0 Å². The Morgan fingerprint density at radius 3 is 1.67 bits per heavy atom. The Labute approximate surface area is 136 Å². The summed E-state index contributed by atoms with van der Waals surface area (Å²) in [4.78, 5) is 11.9. The van der Waals surface area contributed by atoms with Crippen molar-refractivity contribution in [3.05, 3.63) is 18.3 Å². The van der Waals surface area contributed by atoms with E-state index in [0.29, 0.717) is 16.6 Å². The van der Waals surface area contributed by atoms with E-state index in [1.807, 2.05) is 6.20 Å². The Balaban J connectivity index is 3.10. The number of aromatic nitrogens is 1. The van der Waals surface area contributed by atoms with Gasteiger partial charge in [0, 0.05) is 0 Å². The van der Waals surface area contributed by atoms with Gasteiger partial charge < -0.3 is 0 Å². The molecule has 21 heavy (non-hydrogen) atoms. The molecule has 0 aliphatic heterocycles. The van der Waals surface area contributed by atoms with Crippen LogP contribution < -0.4 is 8.14 Å². The molecule has 0 atom stereocenters. The first-order valence-electron chi connectivity index (χ1n) is 8.17. The zero-order chi connectivity index (χ0) is 16.4. The Morgan fingerprint density at radius 1 is 0.905 bits per heavy atom. The maximum absolute atomic E-state index is 6.65. The van der Waals surface area contributed by atoms with Crippen LogP contribution in [-0.2, 0) is 0 Å². The van der Waals surface area contributed by atoms with Gasteiger partial charge in [0.2, 0.25) is 0 Å². The summed E-state index contributed by atoms with van der Waals surface area (Å²) in [7, 11) is -1.85. The Kier molecular flexibility index (Phi) is 6.36. The van der Waals surface area contributed by atoms with Crippen LogP contribution in [-0.4, -0.2) is 31.7 Å². The average molecular weight is 414 g/mol. The van der Waals surface area contributed by atoms with Gasteiger partial charge in [-0.05, 0) is 0 Å². The third-order valence-corrected chi connectivity index (χ3v) is 15.7. The van der Waals surface area contributed by atoms with Crippen LogP contribution in [0.15, 0.2) is 18.3 Å². The number of pyridine rings is 1. The predicted octanol–water partition coefficient (Wildman–Crippen LogP) is 5.18. The minimum absolute atomic E-state index is 0.596. The van der Waals surface area contributed by atoms with E-state index in [9.17, 15) is 0 Å². The molecule has 0 fully saturated rings. The number of nitrogens with zero attached hydrogens (tertiary/aromatic N) is 1. The van der Waals surface area contributed by atoms with E-state index in [1.54, 1.807) is 0 Å². The van der Waals surface area contributed by atoms with Crippen molar-refractivity contribution in [3.8, 4) is 5.75 Å². The first-order valence-corrected chi connectivity index (χ1v) is 20.3. The molecule has 1 heterocycles. The normalized spacial score (nSPS) is 13.3. The summed E-state index contributed by atoms with van der Waals surface area (Å²) in [5.41, 5.74) is 1.79. The fraction of sp³-hybridized carbons (Fsp3) is 0.706. The van der Waals surface area contributed by atoms with Gasteiger partial charge in [-0.2, -0.15) is 0 Å². The van der Waals surface area contributed by atoms with Gasteiger partial charge in [-0.1, -0.05) is 0 Å². The van der Waals surface area contributed by atoms with E-state index >= 15 is 0 Å². The van der Waals surface area contributed by atoms with Crippen LogP contribution in [0.4, 0.5) is 0 Å². The number of rotatable bonds is 6. The van der Waals surface area contributed by atoms with E-state index in [1.165, 1.54) is 3.71 Å². The van der Waals surface area contributed by atoms with Gasteiger partial charge in [0.05, 0.1) is 0 Å². The van der Waals surface area contributed by atoms with Crippen molar-refractivity contribution in [3.63, 3.8) is 0 Å². The second-order valence-corrected chi connectivity index (χ2v) is 27.7. The second kappa shape index (κ2) is 7.03. The third-order valence-electron chi connectivity index (χ3n) is 4.51.